The van der Waals surface area contributed by atoms with Crippen molar-refractivity contribution in [2.45, 2.75) is 19.9 Å². The summed E-state index contributed by atoms with van der Waals surface area (Å²) in [4.78, 5) is 32.7. The first kappa shape index (κ1) is 23.1. The third kappa shape index (κ3) is 3.96. The summed E-state index contributed by atoms with van der Waals surface area (Å²) in [7, 11) is 1.57. The minimum Gasteiger partial charge on any atom is -0.507 e. The van der Waals surface area contributed by atoms with E-state index >= 15 is 0 Å². The molecule has 0 aliphatic carbocycles. The van der Waals surface area contributed by atoms with Gasteiger partial charge in [0.25, 0.3) is 5.78 Å². The summed E-state index contributed by atoms with van der Waals surface area (Å²) in [6, 6.07) is 17.1. The summed E-state index contributed by atoms with van der Waals surface area (Å²) >= 11 is 7.41. The molecule has 3 aromatic carbocycles. The fourth-order valence-electron chi connectivity index (χ4n) is 4.36. The number of aryl methyl sites for hydroxylation is 2. The van der Waals surface area contributed by atoms with Gasteiger partial charge in [0.1, 0.15) is 11.5 Å². The highest BCUT2D eigenvalue weighted by Crippen LogP contribution is 2.44. The van der Waals surface area contributed by atoms with Crippen molar-refractivity contribution in [3.8, 4) is 5.75 Å². The number of aliphatic hydroxyl groups is 1. The van der Waals surface area contributed by atoms with E-state index in [1.54, 1.807) is 43.5 Å². The van der Waals surface area contributed by atoms with Crippen molar-refractivity contribution >= 4 is 55.7 Å². The number of ether oxygens (including phenoxy) is 1. The number of thiazole rings is 1. The van der Waals surface area contributed by atoms with Gasteiger partial charge in [-0.25, -0.2) is 4.98 Å². The molecule has 1 N–H and O–H groups in total. The van der Waals surface area contributed by atoms with Gasteiger partial charge in [-0.3, -0.25) is 14.5 Å². The van der Waals surface area contributed by atoms with E-state index in [0.29, 0.717) is 32.5 Å². The van der Waals surface area contributed by atoms with Crippen LogP contribution in [0.4, 0.5) is 5.13 Å². The molecule has 1 atom stereocenters. The number of carbonyl (C=O) groups is 2. The molecule has 0 saturated carbocycles. The second-order valence-electron chi connectivity index (χ2n) is 8.38. The molecular formula is C27H21ClN2O4S. The predicted molar refractivity (Wildman–Crippen MR) is 138 cm³/mol. The number of hydrogen-bond acceptors (Lipinski definition) is 6. The van der Waals surface area contributed by atoms with Crippen LogP contribution in [0.2, 0.25) is 5.02 Å². The number of rotatable bonds is 4. The van der Waals surface area contributed by atoms with Crippen LogP contribution in [0.3, 0.4) is 0 Å². The normalized spacial score (nSPS) is 17.4. The van der Waals surface area contributed by atoms with E-state index in [9.17, 15) is 14.7 Å². The first-order valence-corrected chi connectivity index (χ1v) is 12.1. The number of hydrogen-bond donors (Lipinski definition) is 1. The molecule has 1 fully saturated rings. The highest BCUT2D eigenvalue weighted by atomic mass is 35.5. The van der Waals surface area contributed by atoms with Gasteiger partial charge in [-0.05, 0) is 61.4 Å². The van der Waals surface area contributed by atoms with Crippen LogP contribution in [0.25, 0.3) is 16.0 Å². The third-order valence-electron chi connectivity index (χ3n) is 6.02. The lowest BCUT2D eigenvalue weighted by Crippen LogP contribution is -2.29. The number of aromatic nitrogens is 1. The molecule has 1 aliphatic rings. The average Bonchev–Trinajstić information content (AvgIpc) is 3.36. The van der Waals surface area contributed by atoms with Crippen LogP contribution in [-0.2, 0) is 9.59 Å². The third-order valence-corrected chi connectivity index (χ3v) is 7.27. The molecule has 1 unspecified atom stereocenters. The Morgan fingerprint density at radius 1 is 1.09 bits per heavy atom. The number of anilines is 1. The molecule has 4 aromatic rings. The van der Waals surface area contributed by atoms with E-state index in [0.717, 1.165) is 15.8 Å². The molecule has 2 heterocycles. The summed E-state index contributed by atoms with van der Waals surface area (Å²) in [6.07, 6.45) is 0. The molecule has 1 aliphatic heterocycles. The number of benzene rings is 3. The molecular weight excluding hydrogens is 484 g/mol. The Hall–Kier alpha value is -3.68. The van der Waals surface area contributed by atoms with Crippen LogP contribution >= 0.6 is 22.9 Å². The van der Waals surface area contributed by atoms with E-state index in [1.165, 1.54) is 16.2 Å². The number of fused-ring (bicyclic) bond motifs is 1. The Morgan fingerprint density at radius 2 is 1.89 bits per heavy atom. The zero-order valence-corrected chi connectivity index (χ0v) is 20.8. The average molecular weight is 505 g/mol. The van der Waals surface area contributed by atoms with Gasteiger partial charge in [0.2, 0.25) is 0 Å². The SMILES string of the molecule is COc1ccc(/C(O)=C2\C(=O)C(=O)N(c3nc4ccc(Cl)cc4s3)C2c2cccc(C)c2)cc1C. The second-order valence-corrected chi connectivity index (χ2v) is 9.82. The molecule has 176 valence electrons. The molecule has 0 bridgehead atoms. The maximum Gasteiger partial charge on any atom is 0.301 e. The molecule has 35 heavy (non-hydrogen) atoms. The van der Waals surface area contributed by atoms with E-state index in [2.05, 4.69) is 4.98 Å². The first-order valence-electron chi connectivity index (χ1n) is 10.9. The summed E-state index contributed by atoms with van der Waals surface area (Å²) in [5, 5.41) is 12.3. The number of aliphatic hydroxyl groups excluding tert-OH is 1. The smallest absolute Gasteiger partial charge is 0.301 e. The number of carbonyl (C=O) groups excluding carboxylic acids is 2. The molecule has 8 heteroatoms. The fraction of sp³-hybridized carbons (Fsp3) is 0.148. The number of nitrogens with zero attached hydrogens (tertiary/aromatic N) is 2. The van der Waals surface area contributed by atoms with Crippen molar-refractivity contribution < 1.29 is 19.4 Å². The Balaban J connectivity index is 1.73. The Kier molecular flexibility index (Phi) is 5.83. The van der Waals surface area contributed by atoms with Gasteiger partial charge in [0.15, 0.2) is 5.13 Å². The van der Waals surface area contributed by atoms with Crippen molar-refractivity contribution in [2.24, 2.45) is 0 Å². The maximum absolute atomic E-state index is 13.4. The van der Waals surface area contributed by atoms with Gasteiger partial charge in [-0.2, -0.15) is 0 Å². The Morgan fingerprint density at radius 3 is 2.60 bits per heavy atom. The van der Waals surface area contributed by atoms with Crippen LogP contribution in [0.15, 0.2) is 66.2 Å². The predicted octanol–water partition coefficient (Wildman–Crippen LogP) is 6.20. The quantitative estimate of drug-likeness (QED) is 0.203. The monoisotopic (exact) mass is 504 g/mol. The highest BCUT2D eigenvalue weighted by molar-refractivity contribution is 7.22. The molecule has 1 aromatic heterocycles. The van der Waals surface area contributed by atoms with Gasteiger partial charge in [0.05, 0.1) is 28.9 Å². The van der Waals surface area contributed by atoms with Crippen molar-refractivity contribution in [2.75, 3.05) is 12.0 Å². The summed E-state index contributed by atoms with van der Waals surface area (Å²) in [6.45, 7) is 3.78. The molecule has 0 radical (unpaired) electrons. The molecule has 1 saturated heterocycles. The summed E-state index contributed by atoms with van der Waals surface area (Å²) < 4.78 is 6.11. The number of ketones is 1. The molecule has 5 rings (SSSR count). The van der Waals surface area contributed by atoms with Crippen LogP contribution in [-0.4, -0.2) is 28.9 Å². The minimum atomic E-state index is -0.839. The first-order chi connectivity index (χ1) is 16.8. The van der Waals surface area contributed by atoms with Gasteiger partial charge >= 0.3 is 5.91 Å². The van der Waals surface area contributed by atoms with Gasteiger partial charge in [-0.15, -0.1) is 0 Å². The largest absolute Gasteiger partial charge is 0.507 e. The van der Waals surface area contributed by atoms with E-state index in [-0.39, 0.29) is 11.3 Å². The number of methoxy groups -OCH3 is 1. The Labute approximate surface area is 211 Å². The lowest BCUT2D eigenvalue weighted by molar-refractivity contribution is -0.132. The zero-order chi connectivity index (χ0) is 24.9. The van der Waals surface area contributed by atoms with Crippen LogP contribution in [0, 0.1) is 13.8 Å². The fourth-order valence-corrected chi connectivity index (χ4v) is 5.62. The van der Waals surface area contributed by atoms with Crippen molar-refractivity contribution in [3.05, 3.63) is 93.5 Å². The summed E-state index contributed by atoms with van der Waals surface area (Å²) in [5.41, 5.74) is 3.57. The number of halogens is 1. The molecule has 6 nitrogen and oxygen atoms in total. The van der Waals surface area contributed by atoms with Gasteiger partial charge in [-0.1, -0.05) is 52.8 Å². The topological polar surface area (TPSA) is 79.7 Å². The van der Waals surface area contributed by atoms with Crippen molar-refractivity contribution in [3.63, 3.8) is 0 Å². The van der Waals surface area contributed by atoms with E-state index in [1.807, 2.05) is 38.1 Å². The minimum absolute atomic E-state index is 0.0162. The number of amides is 1. The van der Waals surface area contributed by atoms with Crippen LogP contribution in [0.5, 0.6) is 5.75 Å². The number of Topliss-reactive ketones (excluding diaryl/α,β-unsaturated/α-hetero) is 1. The summed E-state index contributed by atoms with van der Waals surface area (Å²) in [5.74, 6) is -1.09. The van der Waals surface area contributed by atoms with Crippen LogP contribution < -0.4 is 9.64 Å². The van der Waals surface area contributed by atoms with Crippen LogP contribution in [0.1, 0.15) is 28.3 Å². The molecule has 0 spiro atoms. The van der Waals surface area contributed by atoms with Crippen molar-refractivity contribution in [1.82, 2.24) is 4.98 Å². The van der Waals surface area contributed by atoms with E-state index in [4.69, 9.17) is 16.3 Å². The molecule has 1 amide bonds. The zero-order valence-electron chi connectivity index (χ0n) is 19.2. The lowest BCUT2D eigenvalue weighted by Gasteiger charge is -2.23. The van der Waals surface area contributed by atoms with Gasteiger partial charge < -0.3 is 9.84 Å². The maximum atomic E-state index is 13.4. The van der Waals surface area contributed by atoms with E-state index < -0.39 is 17.7 Å². The Bertz CT molecular complexity index is 1540. The standard InChI is InChI=1S/C27H21ClN2O4S/c1-14-5-4-6-16(11-14)23-22(24(31)17-7-10-20(34-3)15(2)12-17)25(32)26(33)30(23)27-29-19-9-8-18(28)13-21(19)35-27/h4-13,23,31H,1-3H3/b24-22+. The van der Waals surface area contributed by atoms with Crippen molar-refractivity contribution in [1.29, 1.82) is 0 Å². The highest BCUT2D eigenvalue weighted by Gasteiger charge is 2.48. The second kappa shape index (κ2) is 8.83. The van der Waals surface area contributed by atoms with Gasteiger partial charge in [0, 0.05) is 10.6 Å². The lowest BCUT2D eigenvalue weighted by atomic mass is 9.94.